The summed E-state index contributed by atoms with van der Waals surface area (Å²) in [5.74, 6) is 0.175. The Bertz CT molecular complexity index is 159. The summed E-state index contributed by atoms with van der Waals surface area (Å²) < 4.78 is 0. The van der Waals surface area contributed by atoms with Crippen molar-refractivity contribution in [3.05, 3.63) is 0 Å². The molecule has 0 aromatic carbocycles. The van der Waals surface area contributed by atoms with Crippen LogP contribution in [0.15, 0.2) is 0 Å². The molecule has 0 aromatic heterocycles. The molecule has 1 heterocycles. The van der Waals surface area contributed by atoms with Crippen molar-refractivity contribution >= 4 is 5.91 Å². The summed E-state index contributed by atoms with van der Waals surface area (Å²) in [5, 5.41) is 6.37. The Morgan fingerprint density at radius 3 is 3.00 bits per heavy atom. The highest BCUT2D eigenvalue weighted by Gasteiger charge is 2.18. The number of hydrogen-bond donors (Lipinski definition) is 2. The quantitative estimate of drug-likeness (QED) is 0.639. The van der Waals surface area contributed by atoms with Crippen LogP contribution in [0.4, 0.5) is 0 Å². The van der Waals surface area contributed by atoms with Gasteiger partial charge in [0.1, 0.15) is 0 Å². The molecule has 3 nitrogen and oxygen atoms in total. The van der Waals surface area contributed by atoms with Crippen LogP contribution in [-0.4, -0.2) is 24.5 Å². The van der Waals surface area contributed by atoms with Crippen LogP contribution in [0.3, 0.4) is 0 Å². The van der Waals surface area contributed by atoms with Crippen LogP contribution in [0.2, 0.25) is 0 Å². The van der Waals surface area contributed by atoms with Gasteiger partial charge in [0.15, 0.2) is 0 Å². The third-order valence-corrected chi connectivity index (χ3v) is 2.31. The van der Waals surface area contributed by atoms with Crippen LogP contribution < -0.4 is 10.6 Å². The predicted octanol–water partition coefficient (Wildman–Crippen LogP) is 0.653. The molecule has 70 valence electrons. The summed E-state index contributed by atoms with van der Waals surface area (Å²) in [5.41, 5.74) is 0. The summed E-state index contributed by atoms with van der Waals surface area (Å²) in [6.45, 7) is 5.07. The number of amides is 1. The molecule has 2 atom stereocenters. The van der Waals surface area contributed by atoms with E-state index in [1.807, 2.05) is 6.92 Å². The van der Waals surface area contributed by atoms with Crippen LogP contribution in [0, 0.1) is 0 Å². The first-order valence-corrected chi connectivity index (χ1v) is 4.75. The zero-order chi connectivity index (χ0) is 8.97. The first-order valence-electron chi connectivity index (χ1n) is 4.75. The van der Waals surface area contributed by atoms with Crippen molar-refractivity contribution in [2.24, 2.45) is 0 Å². The average Bonchev–Trinajstić information content (AvgIpc) is 2.04. The Morgan fingerprint density at radius 1 is 1.67 bits per heavy atom. The van der Waals surface area contributed by atoms with Crippen LogP contribution in [0.1, 0.15) is 33.1 Å². The van der Waals surface area contributed by atoms with E-state index in [0.29, 0.717) is 18.5 Å². The average molecular weight is 170 g/mol. The van der Waals surface area contributed by atoms with Gasteiger partial charge in [-0.1, -0.05) is 6.92 Å². The van der Waals surface area contributed by atoms with Crippen LogP contribution in [0.25, 0.3) is 0 Å². The first-order chi connectivity index (χ1) is 5.72. The maximum absolute atomic E-state index is 11.1. The number of hydrogen-bond acceptors (Lipinski definition) is 2. The van der Waals surface area contributed by atoms with Gasteiger partial charge in [-0.2, -0.15) is 0 Å². The molecule has 1 aliphatic rings. The van der Waals surface area contributed by atoms with Crippen molar-refractivity contribution < 1.29 is 4.79 Å². The molecule has 0 spiro atoms. The maximum atomic E-state index is 11.1. The number of carbonyl (C=O) groups is 1. The van der Waals surface area contributed by atoms with Gasteiger partial charge in [-0.05, 0) is 26.3 Å². The van der Waals surface area contributed by atoms with Crippen LogP contribution in [0.5, 0.6) is 0 Å². The molecule has 1 rings (SSSR count). The van der Waals surface area contributed by atoms with Gasteiger partial charge in [0.2, 0.25) is 5.91 Å². The Hall–Kier alpha value is -0.570. The van der Waals surface area contributed by atoms with Gasteiger partial charge in [0.25, 0.3) is 0 Å². The van der Waals surface area contributed by atoms with E-state index < -0.39 is 0 Å². The number of piperidine rings is 1. The minimum absolute atomic E-state index is 0.175. The number of carbonyl (C=O) groups excluding carboxylic acids is 1. The van der Waals surface area contributed by atoms with E-state index in [1.165, 1.54) is 0 Å². The number of nitrogens with one attached hydrogen (secondary N) is 2. The van der Waals surface area contributed by atoms with Gasteiger partial charge in [0.05, 0.1) is 0 Å². The standard InChI is InChI=1S/C9H18N2O/c1-3-9(12)11-8-4-5-10-7(2)6-8/h7-8,10H,3-6H2,1-2H3,(H,11,12). The minimum atomic E-state index is 0.175. The van der Waals surface area contributed by atoms with E-state index in [4.69, 9.17) is 0 Å². The molecule has 1 fully saturated rings. The largest absolute Gasteiger partial charge is 0.353 e. The third-order valence-electron chi connectivity index (χ3n) is 2.31. The normalized spacial score (nSPS) is 29.8. The van der Waals surface area contributed by atoms with Crippen molar-refractivity contribution in [1.29, 1.82) is 0 Å². The highest BCUT2D eigenvalue weighted by Crippen LogP contribution is 2.07. The molecule has 0 bridgehead atoms. The summed E-state index contributed by atoms with van der Waals surface area (Å²) in [7, 11) is 0. The van der Waals surface area contributed by atoms with E-state index in [9.17, 15) is 4.79 Å². The Labute approximate surface area is 73.9 Å². The fourth-order valence-electron chi connectivity index (χ4n) is 1.59. The highest BCUT2D eigenvalue weighted by atomic mass is 16.1. The molecule has 0 saturated carbocycles. The van der Waals surface area contributed by atoms with E-state index in [2.05, 4.69) is 17.6 Å². The van der Waals surface area contributed by atoms with E-state index in [0.717, 1.165) is 19.4 Å². The van der Waals surface area contributed by atoms with Gasteiger partial charge in [-0.3, -0.25) is 4.79 Å². The zero-order valence-electron chi connectivity index (χ0n) is 7.89. The summed E-state index contributed by atoms with van der Waals surface area (Å²) >= 11 is 0. The molecule has 0 aromatic rings. The predicted molar refractivity (Wildman–Crippen MR) is 48.9 cm³/mol. The summed E-state index contributed by atoms with van der Waals surface area (Å²) in [6, 6.07) is 0.939. The lowest BCUT2D eigenvalue weighted by molar-refractivity contribution is -0.121. The van der Waals surface area contributed by atoms with Gasteiger partial charge in [-0.15, -0.1) is 0 Å². The second kappa shape index (κ2) is 4.45. The topological polar surface area (TPSA) is 41.1 Å². The lowest BCUT2D eigenvalue weighted by Crippen LogP contribution is -2.46. The molecule has 2 N–H and O–H groups in total. The van der Waals surface area contributed by atoms with Gasteiger partial charge >= 0.3 is 0 Å². The fraction of sp³-hybridized carbons (Fsp3) is 0.889. The second-order valence-electron chi connectivity index (χ2n) is 3.50. The van der Waals surface area contributed by atoms with Gasteiger partial charge in [-0.25, -0.2) is 0 Å². The zero-order valence-corrected chi connectivity index (χ0v) is 7.89. The minimum Gasteiger partial charge on any atom is -0.353 e. The molecule has 1 aliphatic heterocycles. The van der Waals surface area contributed by atoms with Crippen LogP contribution in [-0.2, 0) is 4.79 Å². The molecule has 1 saturated heterocycles. The monoisotopic (exact) mass is 170 g/mol. The van der Waals surface area contributed by atoms with Crippen molar-refractivity contribution in [2.75, 3.05) is 6.54 Å². The van der Waals surface area contributed by atoms with Crippen molar-refractivity contribution in [3.63, 3.8) is 0 Å². The molecule has 0 radical (unpaired) electrons. The smallest absolute Gasteiger partial charge is 0.219 e. The van der Waals surface area contributed by atoms with E-state index >= 15 is 0 Å². The van der Waals surface area contributed by atoms with Crippen molar-refractivity contribution in [3.8, 4) is 0 Å². The second-order valence-corrected chi connectivity index (χ2v) is 3.50. The molecule has 2 unspecified atom stereocenters. The molecule has 1 amide bonds. The van der Waals surface area contributed by atoms with Gasteiger partial charge in [0, 0.05) is 18.5 Å². The third kappa shape index (κ3) is 2.81. The lowest BCUT2D eigenvalue weighted by Gasteiger charge is -2.28. The summed E-state index contributed by atoms with van der Waals surface area (Å²) in [4.78, 5) is 11.1. The van der Waals surface area contributed by atoms with Crippen molar-refractivity contribution in [1.82, 2.24) is 10.6 Å². The van der Waals surface area contributed by atoms with Crippen LogP contribution >= 0.6 is 0 Å². The lowest BCUT2D eigenvalue weighted by atomic mass is 10.0. The first kappa shape index (κ1) is 9.52. The van der Waals surface area contributed by atoms with Gasteiger partial charge < -0.3 is 10.6 Å². The maximum Gasteiger partial charge on any atom is 0.219 e. The Kier molecular flexibility index (Phi) is 3.53. The number of rotatable bonds is 2. The van der Waals surface area contributed by atoms with E-state index in [-0.39, 0.29) is 5.91 Å². The fourth-order valence-corrected chi connectivity index (χ4v) is 1.59. The molecular weight excluding hydrogens is 152 g/mol. The summed E-state index contributed by atoms with van der Waals surface area (Å²) in [6.07, 6.45) is 2.72. The van der Waals surface area contributed by atoms with E-state index in [1.54, 1.807) is 0 Å². The molecule has 12 heavy (non-hydrogen) atoms. The Morgan fingerprint density at radius 2 is 2.42 bits per heavy atom. The molecule has 3 heteroatoms. The highest BCUT2D eigenvalue weighted by molar-refractivity contribution is 5.75. The molecular formula is C9H18N2O. The molecule has 0 aliphatic carbocycles. The van der Waals surface area contributed by atoms with Crippen molar-refractivity contribution in [2.45, 2.75) is 45.2 Å². The SMILES string of the molecule is CCC(=O)NC1CCNC(C)C1. The Balaban J connectivity index is 2.27.